The molecule has 7 nitrogen and oxygen atoms in total. The van der Waals surface area contributed by atoms with Crippen molar-refractivity contribution in [3.63, 3.8) is 0 Å². The molecule has 2 rings (SSSR count). The fourth-order valence-electron chi connectivity index (χ4n) is 2.50. The highest BCUT2D eigenvalue weighted by molar-refractivity contribution is 5.77. The number of methoxy groups -OCH3 is 1. The summed E-state index contributed by atoms with van der Waals surface area (Å²) in [6.45, 7) is 0.329. The summed E-state index contributed by atoms with van der Waals surface area (Å²) in [5.74, 6) is -0.857. The summed E-state index contributed by atoms with van der Waals surface area (Å²) in [6, 6.07) is 2.85. The van der Waals surface area contributed by atoms with Crippen LogP contribution >= 0.6 is 0 Å². The van der Waals surface area contributed by atoms with Crippen molar-refractivity contribution in [1.29, 1.82) is 0 Å². The van der Waals surface area contributed by atoms with Crippen LogP contribution in [0.15, 0.2) is 18.3 Å². The summed E-state index contributed by atoms with van der Waals surface area (Å²) >= 11 is 0. The molecule has 1 aliphatic rings. The highest BCUT2D eigenvalue weighted by Gasteiger charge is 2.33. The van der Waals surface area contributed by atoms with Gasteiger partial charge in [0, 0.05) is 24.8 Å². The van der Waals surface area contributed by atoms with E-state index in [-0.39, 0.29) is 12.1 Å². The largest absolute Gasteiger partial charge is 0.481 e. The second-order valence-corrected chi connectivity index (χ2v) is 5.02. The molecule has 21 heavy (non-hydrogen) atoms. The van der Waals surface area contributed by atoms with Gasteiger partial charge < -0.3 is 20.5 Å². The van der Waals surface area contributed by atoms with Crippen LogP contribution in [0.3, 0.4) is 0 Å². The number of urea groups is 1. The quantitative estimate of drug-likeness (QED) is 0.756. The first-order chi connectivity index (χ1) is 10.1. The number of pyridine rings is 1. The molecule has 2 amide bonds. The van der Waals surface area contributed by atoms with Gasteiger partial charge in [0.1, 0.15) is 0 Å². The molecule has 0 aliphatic heterocycles. The third-order valence-corrected chi connectivity index (χ3v) is 3.61. The molecule has 2 unspecified atom stereocenters. The zero-order valence-electron chi connectivity index (χ0n) is 11.8. The Kier molecular flexibility index (Phi) is 4.97. The van der Waals surface area contributed by atoms with Gasteiger partial charge in [0.15, 0.2) is 0 Å². The Morgan fingerprint density at radius 1 is 1.48 bits per heavy atom. The summed E-state index contributed by atoms with van der Waals surface area (Å²) in [5.41, 5.74) is 0.859. The Labute approximate surface area is 122 Å². The van der Waals surface area contributed by atoms with Crippen LogP contribution in [0.1, 0.15) is 24.8 Å². The zero-order chi connectivity index (χ0) is 15.2. The Hall–Kier alpha value is -2.31. The van der Waals surface area contributed by atoms with Crippen LogP contribution in [0.25, 0.3) is 0 Å². The maximum absolute atomic E-state index is 11.8. The van der Waals surface area contributed by atoms with E-state index in [1.165, 1.54) is 7.11 Å². The number of carboxylic acids is 1. The van der Waals surface area contributed by atoms with Crippen LogP contribution in [0.5, 0.6) is 5.88 Å². The molecule has 1 heterocycles. The number of rotatable bonds is 5. The molecule has 7 heteroatoms. The van der Waals surface area contributed by atoms with Gasteiger partial charge >= 0.3 is 12.0 Å². The van der Waals surface area contributed by atoms with E-state index in [1.54, 1.807) is 18.3 Å². The lowest BCUT2D eigenvalue weighted by Crippen LogP contribution is -2.45. The standard InChI is InChI=1S/C14H19N3O4/c1-21-12-7-9(5-6-15-12)8-16-14(20)17-11-4-2-3-10(11)13(18)19/h5-7,10-11H,2-4,8H2,1H3,(H,18,19)(H2,16,17,20). The van der Waals surface area contributed by atoms with Crippen LogP contribution in [0.2, 0.25) is 0 Å². The minimum absolute atomic E-state index is 0.297. The van der Waals surface area contributed by atoms with Crippen LogP contribution in [0.4, 0.5) is 4.79 Å². The second kappa shape index (κ2) is 6.92. The number of nitrogens with zero attached hydrogens (tertiary/aromatic N) is 1. The summed E-state index contributed by atoms with van der Waals surface area (Å²) in [6.07, 6.45) is 3.74. The van der Waals surface area contributed by atoms with Crippen molar-refractivity contribution in [3.8, 4) is 5.88 Å². The molecule has 1 saturated carbocycles. The van der Waals surface area contributed by atoms with Crippen LogP contribution in [-0.2, 0) is 11.3 Å². The number of aliphatic carboxylic acids is 1. The first-order valence-corrected chi connectivity index (χ1v) is 6.86. The summed E-state index contributed by atoms with van der Waals surface area (Å²) in [4.78, 5) is 26.9. The normalized spacial score (nSPS) is 20.8. The molecule has 0 aromatic carbocycles. The van der Waals surface area contributed by atoms with Crippen molar-refractivity contribution < 1.29 is 19.4 Å². The van der Waals surface area contributed by atoms with Crippen molar-refractivity contribution in [3.05, 3.63) is 23.9 Å². The predicted octanol–water partition coefficient (Wildman–Crippen LogP) is 1.14. The van der Waals surface area contributed by atoms with Crippen LogP contribution in [0, 0.1) is 5.92 Å². The maximum Gasteiger partial charge on any atom is 0.315 e. The van der Waals surface area contributed by atoms with Crippen LogP contribution in [-0.4, -0.2) is 35.2 Å². The number of carboxylic acid groups (broad SMARTS) is 1. The first-order valence-electron chi connectivity index (χ1n) is 6.86. The number of carbonyl (C=O) groups is 2. The SMILES string of the molecule is COc1cc(CNC(=O)NC2CCCC2C(=O)O)ccn1. The van der Waals surface area contributed by atoms with Crippen molar-refractivity contribution in [2.24, 2.45) is 5.92 Å². The molecule has 1 aliphatic carbocycles. The van der Waals surface area contributed by atoms with Gasteiger partial charge in [-0.3, -0.25) is 4.79 Å². The van der Waals surface area contributed by atoms with E-state index in [9.17, 15) is 9.59 Å². The van der Waals surface area contributed by atoms with E-state index in [2.05, 4.69) is 15.6 Å². The van der Waals surface area contributed by atoms with Gasteiger partial charge in [0.25, 0.3) is 0 Å². The minimum Gasteiger partial charge on any atom is -0.481 e. The van der Waals surface area contributed by atoms with Gasteiger partial charge in [0.05, 0.1) is 13.0 Å². The number of nitrogens with one attached hydrogen (secondary N) is 2. The molecular weight excluding hydrogens is 274 g/mol. The number of hydrogen-bond donors (Lipinski definition) is 3. The number of amides is 2. The average Bonchev–Trinajstić information content (AvgIpc) is 2.93. The predicted molar refractivity (Wildman–Crippen MR) is 74.9 cm³/mol. The maximum atomic E-state index is 11.8. The Balaban J connectivity index is 1.83. The molecule has 1 aromatic heterocycles. The van der Waals surface area contributed by atoms with Gasteiger partial charge in [-0.25, -0.2) is 9.78 Å². The molecule has 1 aromatic rings. The number of aromatic nitrogens is 1. The topological polar surface area (TPSA) is 101 Å². The fourth-order valence-corrected chi connectivity index (χ4v) is 2.50. The Morgan fingerprint density at radius 2 is 2.29 bits per heavy atom. The van der Waals surface area contributed by atoms with E-state index in [1.807, 2.05) is 0 Å². The lowest BCUT2D eigenvalue weighted by atomic mass is 10.0. The summed E-state index contributed by atoms with van der Waals surface area (Å²) < 4.78 is 5.00. The second-order valence-electron chi connectivity index (χ2n) is 5.02. The summed E-state index contributed by atoms with van der Waals surface area (Å²) in [5, 5.41) is 14.5. The summed E-state index contributed by atoms with van der Waals surface area (Å²) in [7, 11) is 1.53. The Morgan fingerprint density at radius 3 is 3.00 bits per heavy atom. The van der Waals surface area contributed by atoms with Gasteiger partial charge in [-0.15, -0.1) is 0 Å². The van der Waals surface area contributed by atoms with Gasteiger partial charge in [0.2, 0.25) is 5.88 Å². The van der Waals surface area contributed by atoms with Gasteiger partial charge in [-0.2, -0.15) is 0 Å². The van der Waals surface area contributed by atoms with E-state index in [0.29, 0.717) is 25.3 Å². The molecule has 2 atom stereocenters. The van der Waals surface area contributed by atoms with E-state index in [0.717, 1.165) is 12.0 Å². The molecule has 0 bridgehead atoms. The van der Waals surface area contributed by atoms with Crippen molar-refractivity contribution >= 4 is 12.0 Å². The number of hydrogen-bond acceptors (Lipinski definition) is 4. The van der Waals surface area contributed by atoms with E-state index >= 15 is 0 Å². The molecule has 3 N–H and O–H groups in total. The van der Waals surface area contributed by atoms with Gasteiger partial charge in [-0.05, 0) is 24.5 Å². The lowest BCUT2D eigenvalue weighted by Gasteiger charge is -2.18. The van der Waals surface area contributed by atoms with Crippen molar-refractivity contribution in [2.45, 2.75) is 31.8 Å². The zero-order valence-corrected chi connectivity index (χ0v) is 11.8. The van der Waals surface area contributed by atoms with Crippen molar-refractivity contribution in [1.82, 2.24) is 15.6 Å². The third-order valence-electron chi connectivity index (χ3n) is 3.61. The highest BCUT2D eigenvalue weighted by atomic mass is 16.5. The molecule has 1 fully saturated rings. The highest BCUT2D eigenvalue weighted by Crippen LogP contribution is 2.25. The van der Waals surface area contributed by atoms with Crippen LogP contribution < -0.4 is 15.4 Å². The van der Waals surface area contributed by atoms with Gasteiger partial charge in [-0.1, -0.05) is 6.42 Å². The molecule has 114 valence electrons. The van der Waals surface area contributed by atoms with E-state index < -0.39 is 11.9 Å². The molecule has 0 radical (unpaired) electrons. The first kappa shape index (κ1) is 15.1. The smallest absolute Gasteiger partial charge is 0.315 e. The Bertz CT molecular complexity index is 521. The average molecular weight is 293 g/mol. The fraction of sp³-hybridized carbons (Fsp3) is 0.500. The lowest BCUT2D eigenvalue weighted by molar-refractivity contribution is -0.142. The molecular formula is C14H19N3O4. The monoisotopic (exact) mass is 293 g/mol. The molecule has 0 saturated heterocycles. The van der Waals surface area contributed by atoms with E-state index in [4.69, 9.17) is 9.84 Å². The third kappa shape index (κ3) is 4.08. The number of carbonyl (C=O) groups excluding carboxylic acids is 1. The molecule has 0 spiro atoms. The van der Waals surface area contributed by atoms with Crippen molar-refractivity contribution in [2.75, 3.05) is 7.11 Å². The number of ether oxygens (including phenoxy) is 1. The minimum atomic E-state index is -0.850.